The molecule has 0 atom stereocenters. The molecule has 1 aromatic rings. The Labute approximate surface area is 118 Å². The highest BCUT2D eigenvalue weighted by molar-refractivity contribution is 5.88. The standard InChI is InChI=1S/C14H21N3O3/c1-19-13-6-5-12(9-16-13)17-14(18)15-7-2-8-20-10-11-3-4-11/h5-6,9,11H,2-4,7-8,10H2,1H3,(H2,15,17,18). The molecular formula is C14H21N3O3. The van der Waals surface area contributed by atoms with Crippen LogP contribution in [0.1, 0.15) is 19.3 Å². The summed E-state index contributed by atoms with van der Waals surface area (Å²) in [6.07, 6.45) is 4.98. The number of ether oxygens (including phenoxy) is 2. The van der Waals surface area contributed by atoms with Crippen molar-refractivity contribution in [3.05, 3.63) is 18.3 Å². The molecule has 0 spiro atoms. The molecule has 110 valence electrons. The average molecular weight is 279 g/mol. The van der Waals surface area contributed by atoms with Crippen molar-refractivity contribution in [1.29, 1.82) is 0 Å². The molecule has 1 heterocycles. The topological polar surface area (TPSA) is 72.5 Å². The Bertz CT molecular complexity index is 418. The van der Waals surface area contributed by atoms with Gasteiger partial charge in [-0.3, -0.25) is 0 Å². The van der Waals surface area contributed by atoms with Gasteiger partial charge in [-0.25, -0.2) is 9.78 Å². The van der Waals surface area contributed by atoms with Gasteiger partial charge in [0.25, 0.3) is 0 Å². The Balaban J connectivity index is 1.54. The summed E-state index contributed by atoms with van der Waals surface area (Å²) in [4.78, 5) is 15.6. The van der Waals surface area contributed by atoms with Crippen molar-refractivity contribution < 1.29 is 14.3 Å². The van der Waals surface area contributed by atoms with E-state index in [4.69, 9.17) is 9.47 Å². The van der Waals surface area contributed by atoms with E-state index in [1.165, 1.54) is 12.8 Å². The Morgan fingerprint density at radius 3 is 2.95 bits per heavy atom. The molecule has 2 N–H and O–H groups in total. The fraction of sp³-hybridized carbons (Fsp3) is 0.571. The molecular weight excluding hydrogens is 258 g/mol. The van der Waals surface area contributed by atoms with Crippen LogP contribution >= 0.6 is 0 Å². The monoisotopic (exact) mass is 279 g/mol. The van der Waals surface area contributed by atoms with E-state index in [0.29, 0.717) is 24.7 Å². The third kappa shape index (κ3) is 5.44. The highest BCUT2D eigenvalue weighted by atomic mass is 16.5. The SMILES string of the molecule is COc1ccc(NC(=O)NCCCOCC2CC2)cn1. The van der Waals surface area contributed by atoms with Gasteiger partial charge < -0.3 is 20.1 Å². The van der Waals surface area contributed by atoms with Crippen molar-refractivity contribution in [2.75, 3.05) is 32.2 Å². The number of anilines is 1. The van der Waals surface area contributed by atoms with Crippen LogP contribution in [0.25, 0.3) is 0 Å². The van der Waals surface area contributed by atoms with Crippen LogP contribution in [0.4, 0.5) is 10.5 Å². The van der Waals surface area contributed by atoms with E-state index in [1.54, 1.807) is 25.4 Å². The Morgan fingerprint density at radius 2 is 2.30 bits per heavy atom. The lowest BCUT2D eigenvalue weighted by Crippen LogP contribution is -2.30. The third-order valence-electron chi connectivity index (χ3n) is 3.00. The maximum atomic E-state index is 11.6. The molecule has 2 amide bonds. The Hall–Kier alpha value is -1.82. The Morgan fingerprint density at radius 1 is 1.45 bits per heavy atom. The lowest BCUT2D eigenvalue weighted by atomic mass is 10.4. The summed E-state index contributed by atoms with van der Waals surface area (Å²) in [6, 6.07) is 3.20. The Kier molecular flexibility index (Phi) is 5.61. The summed E-state index contributed by atoms with van der Waals surface area (Å²) in [6.45, 7) is 2.16. The molecule has 1 aliphatic rings. The second-order valence-corrected chi connectivity index (χ2v) is 4.84. The highest BCUT2D eigenvalue weighted by Crippen LogP contribution is 2.28. The number of hydrogen-bond donors (Lipinski definition) is 2. The number of carbonyl (C=O) groups is 1. The number of methoxy groups -OCH3 is 1. The van der Waals surface area contributed by atoms with Crippen LogP contribution in [-0.2, 0) is 4.74 Å². The second kappa shape index (κ2) is 7.69. The largest absolute Gasteiger partial charge is 0.481 e. The summed E-state index contributed by atoms with van der Waals surface area (Å²) in [7, 11) is 1.55. The smallest absolute Gasteiger partial charge is 0.319 e. The second-order valence-electron chi connectivity index (χ2n) is 4.84. The molecule has 1 saturated carbocycles. The van der Waals surface area contributed by atoms with Crippen LogP contribution in [0.3, 0.4) is 0 Å². The molecule has 0 saturated heterocycles. The summed E-state index contributed by atoms with van der Waals surface area (Å²) >= 11 is 0. The van der Waals surface area contributed by atoms with Gasteiger partial charge >= 0.3 is 6.03 Å². The van der Waals surface area contributed by atoms with E-state index in [9.17, 15) is 4.79 Å². The molecule has 0 aromatic carbocycles. The van der Waals surface area contributed by atoms with E-state index < -0.39 is 0 Å². The van der Waals surface area contributed by atoms with Crippen LogP contribution in [0, 0.1) is 5.92 Å². The number of carbonyl (C=O) groups excluding carboxylic acids is 1. The van der Waals surface area contributed by atoms with Gasteiger partial charge in [0.2, 0.25) is 5.88 Å². The van der Waals surface area contributed by atoms with Crippen molar-refractivity contribution in [3.63, 3.8) is 0 Å². The molecule has 0 aliphatic heterocycles. The van der Waals surface area contributed by atoms with Gasteiger partial charge in [-0.2, -0.15) is 0 Å². The first-order chi connectivity index (χ1) is 9.78. The van der Waals surface area contributed by atoms with E-state index in [0.717, 1.165) is 18.9 Å². The number of amides is 2. The zero-order chi connectivity index (χ0) is 14.2. The van der Waals surface area contributed by atoms with Gasteiger partial charge in [0.05, 0.1) is 19.0 Å². The fourth-order valence-electron chi connectivity index (χ4n) is 1.66. The number of rotatable bonds is 8. The number of nitrogens with zero attached hydrogens (tertiary/aromatic N) is 1. The maximum absolute atomic E-state index is 11.6. The number of aromatic nitrogens is 1. The molecule has 1 aliphatic carbocycles. The minimum absolute atomic E-state index is 0.237. The summed E-state index contributed by atoms with van der Waals surface area (Å²) < 4.78 is 10.4. The molecule has 0 radical (unpaired) electrons. The molecule has 6 heteroatoms. The predicted octanol–water partition coefficient (Wildman–Crippen LogP) is 2.03. The number of nitrogens with one attached hydrogen (secondary N) is 2. The zero-order valence-electron chi connectivity index (χ0n) is 11.7. The van der Waals surface area contributed by atoms with E-state index in [2.05, 4.69) is 15.6 Å². The van der Waals surface area contributed by atoms with Crippen molar-refractivity contribution >= 4 is 11.7 Å². The predicted molar refractivity (Wildman–Crippen MR) is 76.0 cm³/mol. The lowest BCUT2D eigenvalue weighted by molar-refractivity contribution is 0.122. The van der Waals surface area contributed by atoms with Gasteiger partial charge in [-0.15, -0.1) is 0 Å². The summed E-state index contributed by atoms with van der Waals surface area (Å²) in [5, 5.41) is 5.48. The van der Waals surface area contributed by atoms with Crippen LogP contribution in [0.5, 0.6) is 5.88 Å². The molecule has 0 bridgehead atoms. The highest BCUT2D eigenvalue weighted by Gasteiger charge is 2.20. The van der Waals surface area contributed by atoms with E-state index in [-0.39, 0.29) is 6.03 Å². The van der Waals surface area contributed by atoms with E-state index >= 15 is 0 Å². The first kappa shape index (κ1) is 14.6. The average Bonchev–Trinajstić information content (AvgIpc) is 3.27. The third-order valence-corrected chi connectivity index (χ3v) is 3.00. The minimum Gasteiger partial charge on any atom is -0.481 e. The van der Waals surface area contributed by atoms with Crippen LogP contribution < -0.4 is 15.4 Å². The van der Waals surface area contributed by atoms with Gasteiger partial charge in [-0.05, 0) is 31.2 Å². The number of pyridine rings is 1. The molecule has 20 heavy (non-hydrogen) atoms. The van der Waals surface area contributed by atoms with Gasteiger partial charge in [0, 0.05) is 25.8 Å². The first-order valence-corrected chi connectivity index (χ1v) is 6.90. The van der Waals surface area contributed by atoms with Gasteiger partial charge in [0.1, 0.15) is 0 Å². The number of hydrogen-bond acceptors (Lipinski definition) is 4. The van der Waals surface area contributed by atoms with Crippen molar-refractivity contribution in [2.24, 2.45) is 5.92 Å². The lowest BCUT2D eigenvalue weighted by Gasteiger charge is -2.08. The molecule has 0 unspecified atom stereocenters. The van der Waals surface area contributed by atoms with E-state index in [1.807, 2.05) is 0 Å². The molecule has 2 rings (SSSR count). The zero-order valence-corrected chi connectivity index (χ0v) is 11.7. The maximum Gasteiger partial charge on any atom is 0.319 e. The van der Waals surface area contributed by atoms with Gasteiger partial charge in [0.15, 0.2) is 0 Å². The summed E-state index contributed by atoms with van der Waals surface area (Å²) in [5.41, 5.74) is 0.633. The quantitative estimate of drug-likeness (QED) is 0.714. The van der Waals surface area contributed by atoms with Crippen molar-refractivity contribution in [1.82, 2.24) is 10.3 Å². The number of urea groups is 1. The van der Waals surface area contributed by atoms with Crippen LogP contribution in [-0.4, -0.2) is 37.9 Å². The summed E-state index contributed by atoms with van der Waals surface area (Å²) in [5.74, 6) is 1.30. The van der Waals surface area contributed by atoms with Gasteiger partial charge in [-0.1, -0.05) is 0 Å². The molecule has 1 aromatic heterocycles. The molecule has 6 nitrogen and oxygen atoms in total. The van der Waals surface area contributed by atoms with Crippen LogP contribution in [0.15, 0.2) is 18.3 Å². The normalized spacial score (nSPS) is 13.8. The minimum atomic E-state index is -0.237. The molecule has 1 fully saturated rings. The van der Waals surface area contributed by atoms with Crippen molar-refractivity contribution in [2.45, 2.75) is 19.3 Å². The van der Waals surface area contributed by atoms with Crippen LogP contribution in [0.2, 0.25) is 0 Å². The first-order valence-electron chi connectivity index (χ1n) is 6.90. The van der Waals surface area contributed by atoms with Crippen molar-refractivity contribution in [3.8, 4) is 5.88 Å². The fourth-order valence-corrected chi connectivity index (χ4v) is 1.66.